The molecule has 0 spiro atoms. The highest BCUT2D eigenvalue weighted by Gasteiger charge is 2.15. The van der Waals surface area contributed by atoms with Crippen LogP contribution in [0.1, 0.15) is 26.2 Å². The summed E-state index contributed by atoms with van der Waals surface area (Å²) in [6.07, 6.45) is 8.42. The Morgan fingerprint density at radius 2 is 2.40 bits per heavy atom. The monoisotopic (exact) mass is 139 g/mol. The number of allylic oxidation sites excluding steroid dienone is 2. The molecule has 2 atom stereocenters. The lowest BCUT2D eigenvalue weighted by Gasteiger charge is -2.23. The van der Waals surface area contributed by atoms with E-state index in [-0.39, 0.29) is 0 Å². The number of nitrogens with two attached hydrogens (primary N) is 1. The van der Waals surface area contributed by atoms with E-state index in [2.05, 4.69) is 19.1 Å². The second kappa shape index (κ2) is 3.77. The summed E-state index contributed by atoms with van der Waals surface area (Å²) >= 11 is 0. The number of rotatable bonds is 2. The SMILES string of the molecule is CC(CN)C1CC=CCC1. The Hall–Kier alpha value is -0.300. The van der Waals surface area contributed by atoms with Gasteiger partial charge in [-0.3, -0.25) is 0 Å². The van der Waals surface area contributed by atoms with E-state index < -0.39 is 0 Å². The molecule has 2 N–H and O–H groups in total. The summed E-state index contributed by atoms with van der Waals surface area (Å²) in [6, 6.07) is 0. The van der Waals surface area contributed by atoms with Crippen molar-refractivity contribution in [1.29, 1.82) is 0 Å². The molecule has 0 aromatic rings. The summed E-state index contributed by atoms with van der Waals surface area (Å²) < 4.78 is 0. The standard InChI is InChI=1S/C9H17N/c1-8(7-10)9-5-3-2-4-6-9/h2-3,8-9H,4-7,10H2,1H3. The van der Waals surface area contributed by atoms with E-state index in [1.165, 1.54) is 19.3 Å². The van der Waals surface area contributed by atoms with Crippen molar-refractivity contribution in [2.75, 3.05) is 6.54 Å². The van der Waals surface area contributed by atoms with Crippen molar-refractivity contribution in [3.63, 3.8) is 0 Å². The van der Waals surface area contributed by atoms with Crippen LogP contribution in [0.5, 0.6) is 0 Å². The molecular formula is C9H17N. The molecule has 1 heteroatoms. The molecule has 0 radical (unpaired) electrons. The van der Waals surface area contributed by atoms with Gasteiger partial charge in [-0.2, -0.15) is 0 Å². The second-order valence-electron chi connectivity index (χ2n) is 3.26. The molecule has 0 heterocycles. The summed E-state index contributed by atoms with van der Waals surface area (Å²) in [7, 11) is 0. The van der Waals surface area contributed by atoms with Crippen molar-refractivity contribution in [2.24, 2.45) is 17.6 Å². The Balaban J connectivity index is 2.33. The first-order chi connectivity index (χ1) is 4.84. The molecule has 10 heavy (non-hydrogen) atoms. The van der Waals surface area contributed by atoms with Gasteiger partial charge in [-0.05, 0) is 37.6 Å². The highest BCUT2D eigenvalue weighted by molar-refractivity contribution is 4.91. The van der Waals surface area contributed by atoms with E-state index in [0.717, 1.165) is 12.5 Å². The fraction of sp³-hybridized carbons (Fsp3) is 0.778. The summed E-state index contributed by atoms with van der Waals surface area (Å²) in [5.41, 5.74) is 5.58. The van der Waals surface area contributed by atoms with Gasteiger partial charge in [0.25, 0.3) is 0 Å². The number of hydrogen-bond donors (Lipinski definition) is 1. The second-order valence-corrected chi connectivity index (χ2v) is 3.26. The molecule has 1 aliphatic carbocycles. The summed E-state index contributed by atoms with van der Waals surface area (Å²) in [5.74, 6) is 1.57. The fourth-order valence-electron chi connectivity index (χ4n) is 1.53. The lowest BCUT2D eigenvalue weighted by Crippen LogP contribution is -2.21. The molecule has 2 unspecified atom stereocenters. The van der Waals surface area contributed by atoms with Crippen molar-refractivity contribution in [3.05, 3.63) is 12.2 Å². The average molecular weight is 139 g/mol. The molecule has 1 aliphatic rings. The average Bonchev–Trinajstić information content (AvgIpc) is 2.05. The van der Waals surface area contributed by atoms with Crippen LogP contribution in [0.25, 0.3) is 0 Å². The van der Waals surface area contributed by atoms with Crippen molar-refractivity contribution in [3.8, 4) is 0 Å². The smallest absolute Gasteiger partial charge is 0.00487 e. The maximum atomic E-state index is 5.58. The van der Waals surface area contributed by atoms with Crippen LogP contribution in [-0.2, 0) is 0 Å². The first kappa shape index (κ1) is 7.80. The maximum Gasteiger partial charge on any atom is -0.00487 e. The van der Waals surface area contributed by atoms with Crippen LogP contribution in [0.2, 0.25) is 0 Å². The molecule has 58 valence electrons. The third-order valence-corrected chi connectivity index (χ3v) is 2.49. The lowest BCUT2D eigenvalue weighted by atomic mass is 9.84. The van der Waals surface area contributed by atoms with Gasteiger partial charge in [0.15, 0.2) is 0 Å². The van der Waals surface area contributed by atoms with Crippen molar-refractivity contribution < 1.29 is 0 Å². The Bertz CT molecular complexity index is 118. The van der Waals surface area contributed by atoms with Gasteiger partial charge in [0.2, 0.25) is 0 Å². The Morgan fingerprint density at radius 1 is 1.60 bits per heavy atom. The van der Waals surface area contributed by atoms with Gasteiger partial charge in [0, 0.05) is 0 Å². The molecule has 0 saturated carbocycles. The quantitative estimate of drug-likeness (QED) is 0.581. The minimum Gasteiger partial charge on any atom is -0.330 e. The van der Waals surface area contributed by atoms with E-state index in [4.69, 9.17) is 5.73 Å². The van der Waals surface area contributed by atoms with Crippen LogP contribution in [0, 0.1) is 11.8 Å². The molecule has 0 amide bonds. The van der Waals surface area contributed by atoms with Gasteiger partial charge in [0.05, 0.1) is 0 Å². The zero-order chi connectivity index (χ0) is 7.40. The zero-order valence-corrected chi connectivity index (χ0v) is 6.72. The summed E-state index contributed by atoms with van der Waals surface area (Å²) in [4.78, 5) is 0. The molecule has 1 rings (SSSR count). The Kier molecular flexibility index (Phi) is 2.94. The van der Waals surface area contributed by atoms with Crippen molar-refractivity contribution in [1.82, 2.24) is 0 Å². The van der Waals surface area contributed by atoms with Gasteiger partial charge in [-0.15, -0.1) is 0 Å². The third-order valence-electron chi connectivity index (χ3n) is 2.49. The van der Waals surface area contributed by atoms with E-state index in [1.54, 1.807) is 0 Å². The molecule has 0 saturated heterocycles. The van der Waals surface area contributed by atoms with Crippen LogP contribution in [0.3, 0.4) is 0 Å². The first-order valence-corrected chi connectivity index (χ1v) is 4.19. The van der Waals surface area contributed by atoms with E-state index in [9.17, 15) is 0 Å². The van der Waals surface area contributed by atoms with Crippen LogP contribution in [-0.4, -0.2) is 6.54 Å². The normalized spacial score (nSPS) is 28.4. The minimum absolute atomic E-state index is 0.713. The van der Waals surface area contributed by atoms with Gasteiger partial charge in [-0.25, -0.2) is 0 Å². The van der Waals surface area contributed by atoms with E-state index >= 15 is 0 Å². The van der Waals surface area contributed by atoms with Gasteiger partial charge in [0.1, 0.15) is 0 Å². The van der Waals surface area contributed by atoms with Gasteiger partial charge in [-0.1, -0.05) is 19.1 Å². The highest BCUT2D eigenvalue weighted by atomic mass is 14.5. The van der Waals surface area contributed by atoms with Gasteiger partial charge >= 0.3 is 0 Å². The van der Waals surface area contributed by atoms with Crippen LogP contribution >= 0.6 is 0 Å². The Morgan fingerprint density at radius 3 is 2.90 bits per heavy atom. The summed E-state index contributed by atoms with van der Waals surface area (Å²) in [6.45, 7) is 3.10. The lowest BCUT2D eigenvalue weighted by molar-refractivity contribution is 0.339. The van der Waals surface area contributed by atoms with Crippen LogP contribution in [0.15, 0.2) is 12.2 Å². The van der Waals surface area contributed by atoms with E-state index in [1.807, 2.05) is 0 Å². The van der Waals surface area contributed by atoms with Crippen LogP contribution < -0.4 is 5.73 Å². The molecular weight excluding hydrogens is 122 g/mol. The van der Waals surface area contributed by atoms with E-state index in [0.29, 0.717) is 5.92 Å². The van der Waals surface area contributed by atoms with Gasteiger partial charge < -0.3 is 5.73 Å². The van der Waals surface area contributed by atoms with Crippen LogP contribution in [0.4, 0.5) is 0 Å². The molecule has 0 fully saturated rings. The van der Waals surface area contributed by atoms with Crippen molar-refractivity contribution >= 4 is 0 Å². The molecule has 0 aromatic heterocycles. The molecule has 1 nitrogen and oxygen atoms in total. The Labute approximate surface area is 63.3 Å². The maximum absolute atomic E-state index is 5.58. The largest absolute Gasteiger partial charge is 0.330 e. The molecule has 0 aliphatic heterocycles. The third kappa shape index (κ3) is 1.84. The topological polar surface area (TPSA) is 26.0 Å². The first-order valence-electron chi connectivity index (χ1n) is 4.19. The predicted molar refractivity (Wildman–Crippen MR) is 44.7 cm³/mol. The fourth-order valence-corrected chi connectivity index (χ4v) is 1.53. The highest BCUT2D eigenvalue weighted by Crippen LogP contribution is 2.24. The summed E-state index contributed by atoms with van der Waals surface area (Å²) in [5, 5.41) is 0. The predicted octanol–water partition coefficient (Wildman–Crippen LogP) is 1.94. The molecule has 0 bridgehead atoms. The zero-order valence-electron chi connectivity index (χ0n) is 6.72. The number of hydrogen-bond acceptors (Lipinski definition) is 1. The minimum atomic E-state index is 0.713. The molecule has 0 aromatic carbocycles. The van der Waals surface area contributed by atoms with Crippen molar-refractivity contribution in [2.45, 2.75) is 26.2 Å².